The molecule has 0 aliphatic heterocycles. The molecule has 1 aromatic carbocycles. The topological polar surface area (TPSA) is 164 Å². The highest BCUT2D eigenvalue weighted by Crippen LogP contribution is 2.38. The summed E-state index contributed by atoms with van der Waals surface area (Å²) in [6.45, 7) is -0.132. The van der Waals surface area contributed by atoms with Crippen LogP contribution in [-0.2, 0) is 11.2 Å². The maximum Gasteiger partial charge on any atom is 0.272 e. The number of amides is 2. The Hall–Kier alpha value is -3.87. The molecule has 4 rings (SSSR count). The number of methoxy groups -OCH3 is 1. The van der Waals surface area contributed by atoms with Crippen LogP contribution in [-0.4, -0.2) is 79.8 Å². The second-order valence-corrected chi connectivity index (χ2v) is 8.14. The van der Waals surface area contributed by atoms with E-state index in [1.165, 1.54) is 13.2 Å². The van der Waals surface area contributed by atoms with Gasteiger partial charge in [0.15, 0.2) is 23.1 Å². The molecule has 2 aromatic heterocycles. The van der Waals surface area contributed by atoms with Crippen molar-refractivity contribution in [3.05, 3.63) is 35.8 Å². The molecule has 0 atom stereocenters. The molecule has 1 aliphatic rings. The quantitative estimate of drug-likeness (QED) is 0.289. The van der Waals surface area contributed by atoms with Gasteiger partial charge < -0.3 is 30.3 Å². The molecule has 4 N–H and O–H groups in total. The van der Waals surface area contributed by atoms with Crippen LogP contribution in [0.4, 0.5) is 17.2 Å². The first-order valence-electron chi connectivity index (χ1n) is 10.9. The highest BCUT2D eigenvalue weighted by molar-refractivity contribution is 6.60. The third kappa shape index (κ3) is 6.03. The Morgan fingerprint density at radius 1 is 1.22 bits per heavy atom. The summed E-state index contributed by atoms with van der Waals surface area (Å²) in [7, 11) is 18.0. The van der Waals surface area contributed by atoms with Gasteiger partial charge in [0, 0.05) is 18.4 Å². The van der Waals surface area contributed by atoms with Crippen LogP contribution < -0.4 is 20.7 Å². The van der Waals surface area contributed by atoms with Crippen molar-refractivity contribution in [2.24, 2.45) is 5.92 Å². The van der Waals surface area contributed by atoms with Gasteiger partial charge in [-0.3, -0.25) is 9.59 Å². The minimum absolute atomic E-state index is 0.0690. The largest absolute Gasteiger partial charge is 0.494 e. The number of aliphatic hydroxyl groups excluding tert-OH is 1. The standard InChI is InChI=1S/C21H20B3N7O5/c1-35-17-11(20-27-14(7-8-32)31-36-20)3-2-4-12(17)25-13-9-15(26-18(33)10-5-6-10)29-30-16(13)19(34)28-21(22,23)24/h2-4,9-10,32H,5-8H2,1H3,(H,28,34)(H2,25,26,29,33). The lowest BCUT2D eigenvalue weighted by molar-refractivity contribution is -0.117. The summed E-state index contributed by atoms with van der Waals surface area (Å²) in [5.74, 6) is -0.123. The molecule has 1 aliphatic carbocycles. The van der Waals surface area contributed by atoms with Crippen LogP contribution in [0.2, 0.25) is 0 Å². The van der Waals surface area contributed by atoms with E-state index in [1.54, 1.807) is 18.2 Å². The van der Waals surface area contributed by atoms with Gasteiger partial charge in [0.05, 0.1) is 54.2 Å². The zero-order chi connectivity index (χ0) is 25.9. The van der Waals surface area contributed by atoms with Crippen LogP contribution in [0.25, 0.3) is 11.5 Å². The smallest absolute Gasteiger partial charge is 0.272 e. The van der Waals surface area contributed by atoms with Crippen molar-refractivity contribution in [3.63, 3.8) is 0 Å². The molecule has 15 heteroatoms. The van der Waals surface area contributed by atoms with E-state index in [0.717, 1.165) is 12.8 Å². The normalized spacial score (nSPS) is 13.2. The second kappa shape index (κ2) is 10.4. The first-order valence-corrected chi connectivity index (χ1v) is 10.9. The number of carbonyl (C=O) groups excluding carboxylic acids is 2. The lowest BCUT2D eigenvalue weighted by Gasteiger charge is -2.23. The molecule has 0 bridgehead atoms. The van der Waals surface area contributed by atoms with Crippen molar-refractivity contribution in [1.29, 1.82) is 0 Å². The van der Waals surface area contributed by atoms with Gasteiger partial charge in [-0.15, -0.1) is 10.2 Å². The predicted molar refractivity (Wildman–Crippen MR) is 131 cm³/mol. The third-order valence-corrected chi connectivity index (χ3v) is 5.06. The molecule has 0 unspecified atom stereocenters. The van der Waals surface area contributed by atoms with E-state index in [9.17, 15) is 9.59 Å². The van der Waals surface area contributed by atoms with Crippen LogP contribution in [0, 0.1) is 5.92 Å². The minimum atomic E-state index is -2.00. The van der Waals surface area contributed by atoms with E-state index in [4.69, 9.17) is 37.9 Å². The minimum Gasteiger partial charge on any atom is -0.494 e. The molecule has 3 aromatic rings. The van der Waals surface area contributed by atoms with Crippen LogP contribution in [0.5, 0.6) is 5.75 Å². The molecule has 2 amide bonds. The van der Waals surface area contributed by atoms with E-state index in [0.29, 0.717) is 22.8 Å². The molecule has 1 saturated carbocycles. The fraction of sp³-hybridized carbons (Fsp3) is 0.333. The molecule has 178 valence electrons. The van der Waals surface area contributed by atoms with Crippen LogP contribution in [0.3, 0.4) is 0 Å². The van der Waals surface area contributed by atoms with Crippen molar-refractivity contribution in [3.8, 4) is 17.2 Å². The summed E-state index contributed by atoms with van der Waals surface area (Å²) >= 11 is 0. The highest BCUT2D eigenvalue weighted by atomic mass is 16.5. The lowest BCUT2D eigenvalue weighted by atomic mass is 9.49. The van der Waals surface area contributed by atoms with Gasteiger partial charge in [0.25, 0.3) is 11.8 Å². The Labute approximate surface area is 210 Å². The second-order valence-electron chi connectivity index (χ2n) is 8.14. The number of nitrogens with one attached hydrogen (secondary N) is 3. The number of hydrogen-bond donors (Lipinski definition) is 4. The summed E-state index contributed by atoms with van der Waals surface area (Å²) in [5.41, 5.74) is 0.817. The summed E-state index contributed by atoms with van der Waals surface area (Å²) < 4.78 is 10.9. The van der Waals surface area contributed by atoms with E-state index in [-0.39, 0.29) is 47.9 Å². The fourth-order valence-corrected chi connectivity index (χ4v) is 3.28. The van der Waals surface area contributed by atoms with Crippen molar-refractivity contribution < 1.29 is 24.0 Å². The van der Waals surface area contributed by atoms with E-state index >= 15 is 0 Å². The van der Waals surface area contributed by atoms with Gasteiger partial charge in [-0.1, -0.05) is 16.5 Å². The number of rotatable bonds is 10. The predicted octanol–water partition coefficient (Wildman–Crippen LogP) is 0.00870. The van der Waals surface area contributed by atoms with Gasteiger partial charge in [-0.2, -0.15) is 4.98 Å². The average molecular weight is 483 g/mol. The average Bonchev–Trinajstić information content (AvgIpc) is 3.57. The Balaban J connectivity index is 1.70. The van der Waals surface area contributed by atoms with E-state index in [1.807, 2.05) is 0 Å². The maximum absolute atomic E-state index is 12.8. The number of carbonyl (C=O) groups is 2. The zero-order valence-corrected chi connectivity index (χ0v) is 19.3. The number of anilines is 3. The summed E-state index contributed by atoms with van der Waals surface area (Å²) in [6, 6.07) is 6.51. The Kier molecular flexibility index (Phi) is 7.29. The molecule has 0 spiro atoms. The summed E-state index contributed by atoms with van der Waals surface area (Å²) in [6.07, 6.45) is 1.83. The lowest BCUT2D eigenvalue weighted by Crippen LogP contribution is -2.50. The van der Waals surface area contributed by atoms with Crippen molar-refractivity contribution in [2.75, 3.05) is 24.4 Å². The van der Waals surface area contributed by atoms with Crippen LogP contribution in [0.1, 0.15) is 29.2 Å². The number of para-hydroxylation sites is 1. The zero-order valence-electron chi connectivity index (χ0n) is 19.3. The summed E-state index contributed by atoms with van der Waals surface area (Å²) in [5, 5.41) is 26.8. The van der Waals surface area contributed by atoms with Crippen molar-refractivity contribution >= 4 is 52.5 Å². The Morgan fingerprint density at radius 2 is 2.00 bits per heavy atom. The first kappa shape index (κ1) is 25.2. The molecule has 0 saturated heterocycles. The number of aromatic nitrogens is 4. The van der Waals surface area contributed by atoms with Gasteiger partial charge >= 0.3 is 0 Å². The number of ether oxygens (including phenoxy) is 1. The molecule has 36 heavy (non-hydrogen) atoms. The molecule has 12 nitrogen and oxygen atoms in total. The third-order valence-electron chi connectivity index (χ3n) is 5.06. The SMILES string of the molecule is [B]C([B])([B])NC(=O)c1nnc(NC(=O)C2CC2)cc1Nc1cccc(-c2nc(CCO)no2)c1OC. The Bertz CT molecular complexity index is 1280. The number of benzene rings is 1. The first-order chi connectivity index (χ1) is 17.2. The van der Waals surface area contributed by atoms with E-state index in [2.05, 4.69) is 36.3 Å². The van der Waals surface area contributed by atoms with Gasteiger partial charge in [0.1, 0.15) is 0 Å². The molecule has 1 fully saturated rings. The highest BCUT2D eigenvalue weighted by Gasteiger charge is 2.30. The van der Waals surface area contributed by atoms with Gasteiger partial charge in [0.2, 0.25) is 5.91 Å². The molecule has 6 radical (unpaired) electrons. The molecule has 2 heterocycles. The van der Waals surface area contributed by atoms with Crippen LogP contribution in [0.15, 0.2) is 28.8 Å². The van der Waals surface area contributed by atoms with Crippen molar-refractivity contribution in [2.45, 2.75) is 24.5 Å². The molecular weight excluding hydrogens is 463 g/mol. The molecular formula is C21H20B3N7O5. The monoisotopic (exact) mass is 483 g/mol. The van der Waals surface area contributed by atoms with Crippen LogP contribution >= 0.6 is 0 Å². The number of nitrogens with zero attached hydrogens (tertiary/aromatic N) is 4. The Morgan fingerprint density at radius 3 is 2.67 bits per heavy atom. The fourth-order valence-electron chi connectivity index (χ4n) is 3.28. The number of hydrogen-bond acceptors (Lipinski definition) is 10. The van der Waals surface area contributed by atoms with Crippen molar-refractivity contribution in [1.82, 2.24) is 25.7 Å². The number of aliphatic hydroxyl groups is 1. The maximum atomic E-state index is 12.8. The summed E-state index contributed by atoms with van der Waals surface area (Å²) in [4.78, 5) is 29.2. The van der Waals surface area contributed by atoms with E-state index < -0.39 is 11.1 Å². The van der Waals surface area contributed by atoms with Gasteiger partial charge in [-0.05, 0) is 25.0 Å². The van der Waals surface area contributed by atoms with Gasteiger partial charge in [-0.25, -0.2) is 0 Å².